The second-order valence-corrected chi connectivity index (χ2v) is 14.9. The molecule has 2 fully saturated rings. The van der Waals surface area contributed by atoms with Gasteiger partial charge < -0.3 is 9.33 Å². The topological polar surface area (TPSA) is 56.6 Å². The Morgan fingerprint density at radius 3 is 2.57 bits per heavy atom. The average Bonchev–Trinajstić information content (AvgIpc) is 3.03. The summed E-state index contributed by atoms with van der Waals surface area (Å²) in [6.45, 7) is 16.5. The van der Waals surface area contributed by atoms with Crippen molar-refractivity contribution in [3.05, 3.63) is 28.3 Å². The Bertz CT molecular complexity index is 858. The van der Waals surface area contributed by atoms with E-state index in [4.69, 9.17) is 16.0 Å². The summed E-state index contributed by atoms with van der Waals surface area (Å²) >= 11 is 6.35. The molecule has 2 amide bonds. The van der Waals surface area contributed by atoms with Crippen molar-refractivity contribution in [1.82, 2.24) is 4.90 Å². The Balaban J connectivity index is 1.92. The molecule has 2 atom stereocenters. The fraction of sp³-hybridized carbons (Fsp3) is 0.619. The summed E-state index contributed by atoms with van der Waals surface area (Å²) < 4.78 is 6.75. The van der Waals surface area contributed by atoms with Gasteiger partial charge in [0.2, 0.25) is 0 Å². The van der Waals surface area contributed by atoms with Gasteiger partial charge >= 0.3 is 6.03 Å². The van der Waals surface area contributed by atoms with Crippen LogP contribution in [0.25, 0.3) is 0 Å². The molecule has 5 nitrogen and oxygen atoms in total. The molecule has 0 saturated carbocycles. The molecule has 0 aliphatic carbocycles. The number of nitrogens with zero attached hydrogens (tertiary/aromatic N) is 3. The number of benzene rings is 1. The summed E-state index contributed by atoms with van der Waals surface area (Å²) in [5.41, 5.74) is 1.61. The van der Waals surface area contributed by atoms with Gasteiger partial charge in [0.25, 0.3) is 0 Å². The largest absolute Gasteiger partial charge is 0.411 e. The number of fused-ring (bicyclic) bond motifs is 1. The summed E-state index contributed by atoms with van der Waals surface area (Å²) in [5, 5.41) is 9.73. The highest BCUT2D eigenvalue weighted by Crippen LogP contribution is 2.45. The van der Waals surface area contributed by atoms with Crippen molar-refractivity contribution in [3.63, 3.8) is 0 Å². The third-order valence-electron chi connectivity index (χ3n) is 6.88. The van der Waals surface area contributed by atoms with Crippen LogP contribution in [0.3, 0.4) is 0 Å². The highest BCUT2D eigenvalue weighted by Gasteiger charge is 2.57. The zero-order valence-corrected chi connectivity index (χ0v) is 19.6. The SMILES string of the molecule is Cc1c(N2C[C@]3(C)[C@@H](O[Si](C)(C)C(C)(C)C)CCN3C2=O)ccc(C#N)c1Cl. The number of urea groups is 1. The number of hydrogen-bond acceptors (Lipinski definition) is 3. The first-order chi connectivity index (χ1) is 12.8. The van der Waals surface area contributed by atoms with Gasteiger partial charge in [-0.05, 0) is 56.1 Å². The molecule has 152 valence electrons. The van der Waals surface area contributed by atoms with Crippen LogP contribution in [0.15, 0.2) is 12.1 Å². The molecular weight excluding hydrogens is 390 g/mol. The minimum absolute atomic E-state index is 0.00675. The van der Waals surface area contributed by atoms with Crippen molar-refractivity contribution in [2.45, 2.75) is 70.8 Å². The molecule has 3 rings (SSSR count). The Labute approximate surface area is 174 Å². The second kappa shape index (κ2) is 6.76. The molecule has 0 unspecified atom stereocenters. The standard InChI is InChI=1S/C21H30ClN3O2Si/c1-14-16(9-8-15(12-23)18(14)22)24-13-21(5)17(10-11-25(21)19(24)26)27-28(6,7)20(2,3)4/h8-9,17H,10-11,13H2,1-7H3/t17-,21+/m0/s1. The molecule has 28 heavy (non-hydrogen) atoms. The molecule has 0 bridgehead atoms. The fourth-order valence-electron chi connectivity index (χ4n) is 3.98. The van der Waals surface area contributed by atoms with Gasteiger partial charge in [-0.3, -0.25) is 4.90 Å². The van der Waals surface area contributed by atoms with E-state index in [0.717, 1.165) is 17.7 Å². The van der Waals surface area contributed by atoms with Gasteiger partial charge in [-0.15, -0.1) is 0 Å². The first kappa shape index (κ1) is 21.2. The molecule has 2 aliphatic heterocycles. The van der Waals surface area contributed by atoms with Crippen LogP contribution in [0.4, 0.5) is 10.5 Å². The van der Waals surface area contributed by atoms with E-state index in [1.54, 1.807) is 11.0 Å². The number of amides is 2. The van der Waals surface area contributed by atoms with Crippen LogP contribution in [-0.4, -0.2) is 44.0 Å². The van der Waals surface area contributed by atoms with E-state index < -0.39 is 8.32 Å². The predicted molar refractivity (Wildman–Crippen MR) is 115 cm³/mol. The molecule has 1 aromatic carbocycles. The molecule has 0 aromatic heterocycles. The van der Waals surface area contributed by atoms with E-state index >= 15 is 0 Å². The smallest absolute Gasteiger partial charge is 0.325 e. The molecule has 1 aromatic rings. The number of rotatable bonds is 3. The minimum Gasteiger partial charge on any atom is -0.411 e. The zero-order chi connectivity index (χ0) is 21.1. The normalized spacial score (nSPS) is 25.2. The van der Waals surface area contributed by atoms with Crippen LogP contribution in [0.1, 0.15) is 45.2 Å². The Hall–Kier alpha value is -1.55. The summed E-state index contributed by atoms with van der Waals surface area (Å²) in [7, 11) is -1.95. The maximum Gasteiger partial charge on any atom is 0.325 e. The number of hydrogen-bond donors (Lipinski definition) is 0. The van der Waals surface area contributed by atoms with Gasteiger partial charge in [0.05, 0.1) is 28.8 Å². The predicted octanol–water partition coefficient (Wildman–Crippen LogP) is 5.31. The third-order valence-corrected chi connectivity index (χ3v) is 11.9. The van der Waals surface area contributed by atoms with Crippen LogP contribution >= 0.6 is 11.6 Å². The summed E-state index contributed by atoms with van der Waals surface area (Å²) in [6.07, 6.45) is 0.895. The molecule has 7 heteroatoms. The summed E-state index contributed by atoms with van der Waals surface area (Å²) in [4.78, 5) is 17.0. The van der Waals surface area contributed by atoms with Crippen molar-refractivity contribution in [1.29, 1.82) is 5.26 Å². The average molecular weight is 420 g/mol. The summed E-state index contributed by atoms with van der Waals surface area (Å²) in [6, 6.07) is 5.61. The quantitative estimate of drug-likeness (QED) is 0.623. The lowest BCUT2D eigenvalue weighted by molar-refractivity contribution is 0.0906. The molecule has 2 heterocycles. The monoisotopic (exact) mass is 419 g/mol. The van der Waals surface area contributed by atoms with E-state index in [2.05, 4.69) is 46.9 Å². The van der Waals surface area contributed by atoms with Crippen LogP contribution in [0, 0.1) is 18.3 Å². The van der Waals surface area contributed by atoms with Gasteiger partial charge in [-0.1, -0.05) is 32.4 Å². The van der Waals surface area contributed by atoms with E-state index in [0.29, 0.717) is 23.7 Å². The van der Waals surface area contributed by atoms with Crippen molar-refractivity contribution in [2.24, 2.45) is 0 Å². The second-order valence-electron chi connectivity index (χ2n) is 9.72. The maximum atomic E-state index is 13.2. The minimum atomic E-state index is -1.95. The van der Waals surface area contributed by atoms with Gasteiger partial charge in [-0.2, -0.15) is 5.26 Å². The molecule has 0 spiro atoms. The number of carbonyl (C=O) groups excluding carboxylic acids is 1. The maximum absolute atomic E-state index is 13.2. The molecule has 0 N–H and O–H groups in total. The number of nitriles is 1. The zero-order valence-electron chi connectivity index (χ0n) is 17.9. The lowest BCUT2D eigenvalue weighted by Crippen LogP contribution is -2.53. The van der Waals surface area contributed by atoms with Gasteiger partial charge in [0.15, 0.2) is 8.32 Å². The van der Waals surface area contributed by atoms with Crippen molar-refractivity contribution in [3.8, 4) is 6.07 Å². The first-order valence-corrected chi connectivity index (χ1v) is 13.1. The number of carbonyl (C=O) groups is 1. The number of halogens is 1. The lowest BCUT2D eigenvalue weighted by atomic mass is 9.96. The van der Waals surface area contributed by atoms with Gasteiger partial charge in [0.1, 0.15) is 6.07 Å². The van der Waals surface area contributed by atoms with E-state index in [-0.39, 0.29) is 22.7 Å². The van der Waals surface area contributed by atoms with Crippen molar-refractivity contribution in [2.75, 3.05) is 18.0 Å². The Morgan fingerprint density at radius 2 is 2.00 bits per heavy atom. The van der Waals surface area contributed by atoms with Crippen LogP contribution in [-0.2, 0) is 4.43 Å². The van der Waals surface area contributed by atoms with Crippen molar-refractivity contribution >= 4 is 31.6 Å². The lowest BCUT2D eigenvalue weighted by Gasteiger charge is -2.42. The third kappa shape index (κ3) is 3.14. The molecule has 0 radical (unpaired) electrons. The van der Waals surface area contributed by atoms with Crippen molar-refractivity contribution < 1.29 is 9.22 Å². The first-order valence-electron chi connectivity index (χ1n) is 9.79. The number of anilines is 1. The van der Waals surface area contributed by atoms with E-state index in [1.165, 1.54) is 0 Å². The van der Waals surface area contributed by atoms with Gasteiger partial charge in [-0.25, -0.2) is 4.79 Å². The Kier molecular flexibility index (Phi) is 5.11. The summed E-state index contributed by atoms with van der Waals surface area (Å²) in [5.74, 6) is 0. The van der Waals surface area contributed by atoms with Crippen LogP contribution in [0.2, 0.25) is 23.2 Å². The van der Waals surface area contributed by atoms with Gasteiger partial charge in [0, 0.05) is 12.2 Å². The Morgan fingerprint density at radius 1 is 1.36 bits per heavy atom. The molecule has 2 saturated heterocycles. The van der Waals surface area contributed by atoms with Crippen LogP contribution < -0.4 is 4.90 Å². The van der Waals surface area contributed by atoms with E-state index in [9.17, 15) is 10.1 Å². The van der Waals surface area contributed by atoms with E-state index in [1.807, 2.05) is 17.9 Å². The molecule has 2 aliphatic rings. The molecular formula is C21H30ClN3O2Si. The fourth-order valence-corrected chi connectivity index (χ4v) is 5.62. The highest BCUT2D eigenvalue weighted by molar-refractivity contribution is 6.74. The van der Waals surface area contributed by atoms with Crippen LogP contribution in [0.5, 0.6) is 0 Å². The highest BCUT2D eigenvalue weighted by atomic mass is 35.5.